The summed E-state index contributed by atoms with van der Waals surface area (Å²) in [5, 5.41) is 12.7. The van der Waals surface area contributed by atoms with Crippen LogP contribution in [0.1, 0.15) is 23.6 Å². The molecular weight excluding hydrogens is 410 g/mol. The number of aliphatic hydroxyl groups is 1. The average Bonchev–Trinajstić information content (AvgIpc) is 3.21. The van der Waals surface area contributed by atoms with Crippen LogP contribution in [-0.4, -0.2) is 73.2 Å². The number of ether oxygens (including phenoxy) is 2. The lowest BCUT2D eigenvalue weighted by molar-refractivity contribution is -0.131. The number of amides is 2. The highest BCUT2D eigenvalue weighted by atomic mass is 16.5. The first-order chi connectivity index (χ1) is 15.4. The normalized spacial score (nSPS) is 19.0. The summed E-state index contributed by atoms with van der Waals surface area (Å²) < 4.78 is 10.7. The van der Waals surface area contributed by atoms with Crippen LogP contribution in [0.4, 0.5) is 5.69 Å². The van der Waals surface area contributed by atoms with E-state index in [1.165, 1.54) is 0 Å². The van der Waals surface area contributed by atoms with Gasteiger partial charge in [0.15, 0.2) is 6.61 Å². The second kappa shape index (κ2) is 9.58. The molecule has 2 N–H and O–H groups in total. The number of likely N-dealkylation sites (tertiary alicyclic amines) is 1. The number of nitrogens with one attached hydrogen (secondary N) is 1. The molecule has 1 saturated heterocycles. The second-order valence-corrected chi connectivity index (χ2v) is 8.34. The molecule has 8 heteroatoms. The number of carbonyl (C=O) groups is 2. The third kappa shape index (κ3) is 5.03. The predicted molar refractivity (Wildman–Crippen MR) is 120 cm³/mol. The van der Waals surface area contributed by atoms with E-state index in [0.29, 0.717) is 24.5 Å². The number of carbonyl (C=O) groups excluding carboxylic acids is 2. The van der Waals surface area contributed by atoms with Crippen molar-refractivity contribution < 1.29 is 24.2 Å². The summed E-state index contributed by atoms with van der Waals surface area (Å²) in [7, 11) is 3.44. The zero-order valence-corrected chi connectivity index (χ0v) is 18.4. The first kappa shape index (κ1) is 22.1. The Balaban J connectivity index is 1.51. The Morgan fingerprint density at radius 2 is 2.09 bits per heavy atom. The quantitative estimate of drug-likeness (QED) is 0.684. The van der Waals surface area contributed by atoms with Crippen LogP contribution in [0.25, 0.3) is 0 Å². The van der Waals surface area contributed by atoms with Gasteiger partial charge in [-0.05, 0) is 41.8 Å². The molecule has 0 spiro atoms. The molecule has 0 aliphatic carbocycles. The molecule has 0 unspecified atom stereocenters. The number of likely N-dealkylation sites (N-methyl/N-ethyl adjacent to an activating group) is 1. The predicted octanol–water partition coefficient (Wildman–Crippen LogP) is 1.83. The Morgan fingerprint density at radius 1 is 1.31 bits per heavy atom. The zero-order valence-electron chi connectivity index (χ0n) is 18.4. The van der Waals surface area contributed by atoms with Gasteiger partial charge < -0.3 is 24.8 Å². The molecule has 2 atom stereocenters. The number of rotatable bonds is 7. The van der Waals surface area contributed by atoms with E-state index in [9.17, 15) is 14.7 Å². The number of β-amino-alcohol motifs (C(OH)–C–C–N with tert-alkyl or cyclic N) is 1. The molecule has 0 radical (unpaired) electrons. The van der Waals surface area contributed by atoms with Gasteiger partial charge in [-0.25, -0.2) is 0 Å². The van der Waals surface area contributed by atoms with Gasteiger partial charge in [-0.2, -0.15) is 0 Å². The summed E-state index contributed by atoms with van der Waals surface area (Å²) in [6.07, 6.45) is 0.630. The van der Waals surface area contributed by atoms with E-state index in [1.807, 2.05) is 37.4 Å². The Labute approximate surface area is 187 Å². The summed E-state index contributed by atoms with van der Waals surface area (Å²) in [6, 6.07) is 13.0. The van der Waals surface area contributed by atoms with E-state index in [0.717, 1.165) is 29.8 Å². The Kier molecular flexibility index (Phi) is 6.62. The molecule has 2 aliphatic heterocycles. The minimum absolute atomic E-state index is 0.00273. The van der Waals surface area contributed by atoms with Crippen LogP contribution in [-0.2, 0) is 16.0 Å². The standard InChI is InChI=1S/C24H29N3O5/c1-26(24(30)12-16-3-8-22-20(11-16)25-23(29)15-32-22)21(14-27-10-9-18(28)13-27)17-4-6-19(31-2)7-5-17/h3-8,11,18,21,28H,9-10,12-15H2,1-2H3,(H,25,29)/t18-,21+/m0/s1. The first-order valence-corrected chi connectivity index (χ1v) is 10.8. The number of methoxy groups -OCH3 is 1. The molecule has 2 aliphatic rings. The van der Waals surface area contributed by atoms with Crippen LogP contribution in [0.5, 0.6) is 11.5 Å². The fourth-order valence-electron chi connectivity index (χ4n) is 4.21. The Morgan fingerprint density at radius 3 is 2.78 bits per heavy atom. The minimum Gasteiger partial charge on any atom is -0.497 e. The largest absolute Gasteiger partial charge is 0.497 e. The smallest absolute Gasteiger partial charge is 0.262 e. The van der Waals surface area contributed by atoms with E-state index in [2.05, 4.69) is 10.2 Å². The maximum atomic E-state index is 13.2. The van der Waals surface area contributed by atoms with Gasteiger partial charge >= 0.3 is 0 Å². The second-order valence-electron chi connectivity index (χ2n) is 8.34. The first-order valence-electron chi connectivity index (χ1n) is 10.8. The van der Waals surface area contributed by atoms with Crippen LogP contribution in [0.2, 0.25) is 0 Å². The molecule has 2 heterocycles. The molecule has 0 saturated carbocycles. The van der Waals surface area contributed by atoms with Crippen molar-refractivity contribution in [3.63, 3.8) is 0 Å². The monoisotopic (exact) mass is 439 g/mol. The third-order valence-corrected chi connectivity index (χ3v) is 6.07. The SMILES string of the molecule is COc1ccc([C@@H](CN2CC[C@H](O)C2)N(C)C(=O)Cc2ccc3c(c2)NC(=O)CO3)cc1. The van der Waals surface area contributed by atoms with Crippen LogP contribution in [0.15, 0.2) is 42.5 Å². The molecule has 4 rings (SSSR count). The molecule has 1 fully saturated rings. The van der Waals surface area contributed by atoms with Crippen molar-refractivity contribution in [1.82, 2.24) is 9.80 Å². The summed E-state index contributed by atoms with van der Waals surface area (Å²) in [4.78, 5) is 28.8. The fourth-order valence-corrected chi connectivity index (χ4v) is 4.21. The van der Waals surface area contributed by atoms with Crippen LogP contribution in [0.3, 0.4) is 0 Å². The number of hydrogen-bond donors (Lipinski definition) is 2. The van der Waals surface area contributed by atoms with Crippen molar-refractivity contribution in [3.8, 4) is 11.5 Å². The van der Waals surface area contributed by atoms with Gasteiger partial charge in [0.25, 0.3) is 5.91 Å². The van der Waals surface area contributed by atoms with Crippen molar-refractivity contribution in [2.24, 2.45) is 0 Å². The summed E-state index contributed by atoms with van der Waals surface area (Å²) >= 11 is 0. The van der Waals surface area contributed by atoms with Crippen LogP contribution < -0.4 is 14.8 Å². The van der Waals surface area contributed by atoms with Gasteiger partial charge in [0.05, 0.1) is 31.4 Å². The summed E-state index contributed by atoms with van der Waals surface area (Å²) in [6.45, 7) is 2.06. The summed E-state index contributed by atoms with van der Waals surface area (Å²) in [5.74, 6) is 1.13. The van der Waals surface area contributed by atoms with E-state index < -0.39 is 0 Å². The number of benzene rings is 2. The minimum atomic E-state index is -0.319. The van der Waals surface area contributed by atoms with E-state index in [1.54, 1.807) is 24.1 Å². The topological polar surface area (TPSA) is 91.3 Å². The molecular formula is C24H29N3O5. The maximum absolute atomic E-state index is 13.2. The molecule has 0 bridgehead atoms. The molecule has 2 aromatic rings. The van der Waals surface area contributed by atoms with Gasteiger partial charge in [0, 0.05) is 26.7 Å². The Hall–Kier alpha value is -3.10. The summed E-state index contributed by atoms with van der Waals surface area (Å²) in [5.41, 5.74) is 2.40. The molecule has 32 heavy (non-hydrogen) atoms. The van der Waals surface area contributed by atoms with Gasteiger partial charge in [-0.3, -0.25) is 14.5 Å². The van der Waals surface area contributed by atoms with Gasteiger partial charge in [-0.15, -0.1) is 0 Å². The van der Waals surface area contributed by atoms with Crippen LogP contribution in [0, 0.1) is 0 Å². The van der Waals surface area contributed by atoms with Crippen LogP contribution >= 0.6 is 0 Å². The number of hydrogen-bond acceptors (Lipinski definition) is 6. The molecule has 2 aromatic carbocycles. The number of nitrogens with zero attached hydrogens (tertiary/aromatic N) is 2. The number of fused-ring (bicyclic) bond motifs is 1. The number of anilines is 1. The fraction of sp³-hybridized carbons (Fsp3) is 0.417. The van der Waals surface area contributed by atoms with Gasteiger partial charge in [-0.1, -0.05) is 18.2 Å². The highest BCUT2D eigenvalue weighted by molar-refractivity contribution is 5.95. The van der Waals surface area contributed by atoms with Gasteiger partial charge in [0.1, 0.15) is 11.5 Å². The van der Waals surface area contributed by atoms with Crippen molar-refractivity contribution >= 4 is 17.5 Å². The lowest BCUT2D eigenvalue weighted by Crippen LogP contribution is -2.39. The molecule has 170 valence electrons. The van der Waals surface area contributed by atoms with E-state index in [4.69, 9.17) is 9.47 Å². The molecule has 2 amide bonds. The molecule has 0 aromatic heterocycles. The Bertz CT molecular complexity index is 978. The van der Waals surface area contributed by atoms with E-state index >= 15 is 0 Å². The highest BCUT2D eigenvalue weighted by Gasteiger charge is 2.28. The van der Waals surface area contributed by atoms with Gasteiger partial charge in [0.2, 0.25) is 5.91 Å². The lowest BCUT2D eigenvalue weighted by Gasteiger charge is -2.32. The van der Waals surface area contributed by atoms with E-state index in [-0.39, 0.29) is 37.0 Å². The zero-order chi connectivity index (χ0) is 22.7. The van der Waals surface area contributed by atoms with Crippen molar-refractivity contribution in [1.29, 1.82) is 0 Å². The number of aliphatic hydroxyl groups excluding tert-OH is 1. The average molecular weight is 440 g/mol. The highest BCUT2D eigenvalue weighted by Crippen LogP contribution is 2.30. The third-order valence-electron chi connectivity index (χ3n) is 6.07. The van der Waals surface area contributed by atoms with Crippen molar-refractivity contribution in [3.05, 3.63) is 53.6 Å². The van der Waals surface area contributed by atoms with Crippen molar-refractivity contribution in [2.75, 3.05) is 45.7 Å². The molecule has 8 nitrogen and oxygen atoms in total. The van der Waals surface area contributed by atoms with Crippen molar-refractivity contribution in [2.45, 2.75) is 25.0 Å². The maximum Gasteiger partial charge on any atom is 0.262 e. The lowest BCUT2D eigenvalue weighted by atomic mass is 10.0.